The van der Waals surface area contributed by atoms with Crippen molar-refractivity contribution < 1.29 is 31.8 Å². The van der Waals surface area contributed by atoms with Crippen LogP contribution in [-0.2, 0) is 4.74 Å². The lowest BCUT2D eigenvalue weighted by molar-refractivity contribution is -0.243. The van der Waals surface area contributed by atoms with Crippen LogP contribution in [0.1, 0.15) is 87.6 Å². The van der Waals surface area contributed by atoms with Crippen molar-refractivity contribution in [3.05, 3.63) is 29.1 Å². The molecule has 0 aliphatic heterocycles. The first kappa shape index (κ1) is 21.9. The van der Waals surface area contributed by atoms with Crippen LogP contribution < -0.4 is 4.74 Å². The molecule has 2 aliphatic rings. The van der Waals surface area contributed by atoms with Gasteiger partial charge in [-0.2, -0.15) is 13.2 Å². The van der Waals surface area contributed by atoms with E-state index in [4.69, 9.17) is 9.47 Å². The summed E-state index contributed by atoms with van der Waals surface area (Å²) < 4.78 is 66.8. The van der Waals surface area contributed by atoms with E-state index in [1.54, 1.807) is 20.8 Å². The molecule has 0 bridgehead atoms. The summed E-state index contributed by atoms with van der Waals surface area (Å²) in [7, 11) is 0. The molecular formula is C22H28F4O3. The normalized spacial score (nSPS) is 19.7. The quantitative estimate of drug-likeness (QED) is 0.403. The molecule has 0 saturated heterocycles. The molecule has 3 rings (SSSR count). The Hall–Kier alpha value is -1.79. The Morgan fingerprint density at radius 2 is 1.72 bits per heavy atom. The number of carbonyl (C=O) groups is 1. The minimum absolute atomic E-state index is 0.0216. The number of hydrogen-bond acceptors (Lipinski definition) is 3. The van der Waals surface area contributed by atoms with Gasteiger partial charge < -0.3 is 9.47 Å². The smallest absolute Gasteiger partial charge is 0.397 e. The number of rotatable bonds is 5. The molecular weight excluding hydrogens is 388 g/mol. The summed E-state index contributed by atoms with van der Waals surface area (Å²) in [6, 6.07) is 2.43. The van der Waals surface area contributed by atoms with E-state index in [1.807, 2.05) is 0 Å². The lowest BCUT2D eigenvalue weighted by Crippen LogP contribution is -2.44. The molecule has 2 saturated carbocycles. The zero-order valence-electron chi connectivity index (χ0n) is 17.1. The van der Waals surface area contributed by atoms with E-state index in [2.05, 4.69) is 0 Å². The fraction of sp³-hybridized carbons (Fsp3) is 0.682. The van der Waals surface area contributed by atoms with Crippen LogP contribution in [0.2, 0.25) is 0 Å². The van der Waals surface area contributed by atoms with Gasteiger partial charge in [-0.1, -0.05) is 19.3 Å². The molecule has 3 nitrogen and oxygen atoms in total. The molecule has 0 amide bonds. The van der Waals surface area contributed by atoms with Crippen LogP contribution in [0.15, 0.2) is 12.1 Å². The number of halogens is 4. The van der Waals surface area contributed by atoms with E-state index in [0.717, 1.165) is 25.3 Å². The van der Waals surface area contributed by atoms with Crippen LogP contribution in [0.4, 0.5) is 17.6 Å². The molecule has 0 unspecified atom stereocenters. The highest BCUT2D eigenvalue weighted by atomic mass is 19.4. The van der Waals surface area contributed by atoms with Crippen molar-refractivity contribution in [2.24, 2.45) is 5.41 Å². The molecule has 1 aromatic rings. The first-order valence-corrected chi connectivity index (χ1v) is 10.2. The molecule has 0 spiro atoms. The van der Waals surface area contributed by atoms with E-state index in [0.29, 0.717) is 18.4 Å². The Morgan fingerprint density at radius 1 is 1.10 bits per heavy atom. The first-order chi connectivity index (χ1) is 13.4. The van der Waals surface area contributed by atoms with Crippen LogP contribution in [-0.4, -0.2) is 24.4 Å². The van der Waals surface area contributed by atoms with Gasteiger partial charge in [0.2, 0.25) is 0 Å². The third kappa shape index (κ3) is 5.04. The van der Waals surface area contributed by atoms with Crippen molar-refractivity contribution in [2.45, 2.75) is 83.4 Å². The molecule has 7 heteroatoms. The monoisotopic (exact) mass is 416 g/mol. The largest absolute Gasteiger partial charge is 0.492 e. The molecule has 0 atom stereocenters. The molecule has 0 N–H and O–H groups in total. The standard InChI is InChI=1S/C22H28F4O3/c1-20(2,3)29-19(27)16-11-15(14-7-8-14)18(12-17(16)23)28-13-21(22(24,25)26)9-5-4-6-10-21/h11-12,14H,4-10,13H2,1-3H3. The van der Waals surface area contributed by atoms with Gasteiger partial charge in [0.15, 0.2) is 0 Å². The average molecular weight is 416 g/mol. The average Bonchev–Trinajstić information content (AvgIpc) is 3.43. The topological polar surface area (TPSA) is 35.5 Å². The molecule has 1 aromatic carbocycles. The number of hydrogen-bond donors (Lipinski definition) is 0. The van der Waals surface area contributed by atoms with Gasteiger partial charge in [0.1, 0.15) is 23.8 Å². The van der Waals surface area contributed by atoms with Gasteiger partial charge in [-0.05, 0) is 64.0 Å². The maximum absolute atomic E-state index is 14.6. The van der Waals surface area contributed by atoms with Crippen LogP contribution in [0.3, 0.4) is 0 Å². The minimum Gasteiger partial charge on any atom is -0.492 e. The van der Waals surface area contributed by atoms with E-state index in [9.17, 15) is 22.4 Å². The second-order valence-electron chi connectivity index (χ2n) is 9.27. The number of carbonyl (C=O) groups excluding carboxylic acids is 1. The molecule has 0 radical (unpaired) electrons. The summed E-state index contributed by atoms with van der Waals surface area (Å²) in [6.45, 7) is 4.52. The van der Waals surface area contributed by atoms with E-state index in [-0.39, 0.29) is 30.1 Å². The Labute approximate surface area is 168 Å². The third-order valence-electron chi connectivity index (χ3n) is 5.65. The van der Waals surface area contributed by atoms with Gasteiger partial charge in [0, 0.05) is 6.07 Å². The maximum Gasteiger partial charge on any atom is 0.397 e. The Kier molecular flexibility index (Phi) is 5.89. The molecule has 162 valence electrons. The summed E-state index contributed by atoms with van der Waals surface area (Å²) in [5, 5.41) is 0. The first-order valence-electron chi connectivity index (χ1n) is 10.2. The van der Waals surface area contributed by atoms with E-state index < -0.39 is 35.6 Å². The summed E-state index contributed by atoms with van der Waals surface area (Å²) >= 11 is 0. The molecule has 2 aliphatic carbocycles. The number of ether oxygens (including phenoxy) is 2. The fourth-order valence-electron chi connectivity index (χ4n) is 3.85. The summed E-state index contributed by atoms with van der Waals surface area (Å²) in [5.74, 6) is -1.46. The number of esters is 1. The Bertz CT molecular complexity index is 755. The van der Waals surface area contributed by atoms with Crippen molar-refractivity contribution in [1.82, 2.24) is 0 Å². The van der Waals surface area contributed by atoms with Gasteiger partial charge in [0.05, 0.1) is 11.0 Å². The molecule has 29 heavy (non-hydrogen) atoms. The number of benzene rings is 1. The SMILES string of the molecule is CC(C)(C)OC(=O)c1cc(C2CC2)c(OCC2(C(F)(F)F)CCCCC2)cc1F. The number of alkyl halides is 3. The van der Waals surface area contributed by atoms with E-state index >= 15 is 0 Å². The van der Waals surface area contributed by atoms with E-state index in [1.165, 1.54) is 6.07 Å². The highest BCUT2D eigenvalue weighted by molar-refractivity contribution is 5.90. The van der Waals surface area contributed by atoms with Crippen LogP contribution in [0, 0.1) is 11.2 Å². The lowest BCUT2D eigenvalue weighted by atomic mass is 9.74. The second-order valence-corrected chi connectivity index (χ2v) is 9.27. The maximum atomic E-state index is 14.6. The predicted octanol–water partition coefficient (Wildman–Crippen LogP) is 6.55. The zero-order valence-corrected chi connectivity index (χ0v) is 17.1. The molecule has 2 fully saturated rings. The van der Waals surface area contributed by atoms with Gasteiger partial charge >= 0.3 is 12.1 Å². The second kappa shape index (κ2) is 7.80. The van der Waals surface area contributed by atoms with Gasteiger partial charge in [0.25, 0.3) is 0 Å². The van der Waals surface area contributed by atoms with Crippen LogP contribution in [0.25, 0.3) is 0 Å². The van der Waals surface area contributed by atoms with Crippen molar-refractivity contribution in [3.63, 3.8) is 0 Å². The summed E-state index contributed by atoms with van der Waals surface area (Å²) in [5.41, 5.74) is -2.30. The Balaban J connectivity index is 1.86. The van der Waals surface area contributed by atoms with Gasteiger partial charge in [-0.3, -0.25) is 0 Å². The minimum atomic E-state index is -4.37. The van der Waals surface area contributed by atoms with Crippen molar-refractivity contribution in [1.29, 1.82) is 0 Å². The highest BCUT2D eigenvalue weighted by Crippen LogP contribution is 2.50. The highest BCUT2D eigenvalue weighted by Gasteiger charge is 2.55. The zero-order chi connectivity index (χ0) is 21.4. The predicted molar refractivity (Wildman–Crippen MR) is 101 cm³/mol. The van der Waals surface area contributed by atoms with Crippen molar-refractivity contribution in [2.75, 3.05) is 6.61 Å². The van der Waals surface area contributed by atoms with Crippen LogP contribution in [0.5, 0.6) is 5.75 Å². The summed E-state index contributed by atoms with van der Waals surface area (Å²) in [4.78, 5) is 12.3. The Morgan fingerprint density at radius 3 is 2.24 bits per heavy atom. The van der Waals surface area contributed by atoms with Gasteiger partial charge in [-0.25, -0.2) is 9.18 Å². The van der Waals surface area contributed by atoms with Crippen molar-refractivity contribution >= 4 is 5.97 Å². The summed E-state index contributed by atoms with van der Waals surface area (Å²) in [6.07, 6.45) is -0.872. The van der Waals surface area contributed by atoms with Crippen molar-refractivity contribution in [3.8, 4) is 5.75 Å². The molecule has 0 aromatic heterocycles. The van der Waals surface area contributed by atoms with Gasteiger partial charge in [-0.15, -0.1) is 0 Å². The lowest BCUT2D eigenvalue weighted by Gasteiger charge is -2.38. The molecule has 0 heterocycles. The third-order valence-corrected chi connectivity index (χ3v) is 5.65. The van der Waals surface area contributed by atoms with Crippen LogP contribution >= 0.6 is 0 Å². The fourth-order valence-corrected chi connectivity index (χ4v) is 3.85.